The van der Waals surface area contributed by atoms with Crippen molar-refractivity contribution >= 4 is 23.5 Å². The van der Waals surface area contributed by atoms with Crippen LogP contribution in [0.5, 0.6) is 28.7 Å². The van der Waals surface area contributed by atoms with E-state index < -0.39 is 18.2 Å². The first-order valence-corrected chi connectivity index (χ1v) is 22.6. The monoisotopic (exact) mass is 978 g/mol. The molecule has 5 rings (SSSR count). The van der Waals surface area contributed by atoms with Crippen molar-refractivity contribution in [3.8, 4) is 62.9 Å². The lowest BCUT2D eigenvalue weighted by Crippen LogP contribution is -2.26. The van der Waals surface area contributed by atoms with Gasteiger partial charge in [0.15, 0.2) is 35.5 Å². The minimum Gasteiger partial charge on any atom is -0.507 e. The van der Waals surface area contributed by atoms with Crippen molar-refractivity contribution in [2.24, 2.45) is 11.8 Å². The lowest BCUT2D eigenvalue weighted by atomic mass is 9.80. The Morgan fingerprint density at radius 3 is 1.37 bits per heavy atom. The number of methoxy groups -OCH3 is 1. The number of ether oxygens (including phenoxy) is 5. The highest BCUT2D eigenvalue weighted by atomic mass is 16.6. The van der Waals surface area contributed by atoms with Crippen LogP contribution >= 0.6 is 0 Å². The number of benzene rings is 3. The van der Waals surface area contributed by atoms with Crippen LogP contribution in [-0.4, -0.2) is 81.2 Å². The Morgan fingerprint density at radius 1 is 0.543 bits per heavy atom. The van der Waals surface area contributed by atoms with E-state index in [0.717, 1.165) is 83.5 Å². The Labute approximate surface area is 420 Å². The van der Waals surface area contributed by atoms with Gasteiger partial charge in [0.05, 0.1) is 37.4 Å². The van der Waals surface area contributed by atoms with Crippen LogP contribution in [0.15, 0.2) is 60.7 Å². The molecule has 1 fully saturated rings. The van der Waals surface area contributed by atoms with Crippen LogP contribution in [0.25, 0.3) is 34.2 Å². The number of aromatic nitrogens is 3. The lowest BCUT2D eigenvalue weighted by Gasteiger charge is -2.25. The molecule has 0 spiro atoms. The molecule has 1 saturated carbocycles. The third-order valence-corrected chi connectivity index (χ3v) is 11.6. The summed E-state index contributed by atoms with van der Waals surface area (Å²) >= 11 is 0. The van der Waals surface area contributed by atoms with Crippen molar-refractivity contribution in [2.75, 3.05) is 20.3 Å². The van der Waals surface area contributed by atoms with Gasteiger partial charge in [0.25, 0.3) is 0 Å². The maximum atomic E-state index is 12.8. The number of rotatable bonds is 25. The molecule has 2 N–H and O–H groups in total. The van der Waals surface area contributed by atoms with Gasteiger partial charge in [0.1, 0.15) is 34.5 Å². The fraction of sp³-hybridized carbons (Fsp3) is 0.554. The van der Waals surface area contributed by atoms with E-state index in [1.165, 1.54) is 25.5 Å². The maximum absolute atomic E-state index is 12.8. The highest BCUT2D eigenvalue weighted by molar-refractivity contribution is 5.81. The number of carbonyl (C=O) groups excluding carboxylic acids is 4. The number of Topliss-reactive ketones (excluding diaryl/α,β-unsaturated/α-hetero) is 2. The first-order chi connectivity index (χ1) is 30.8. The van der Waals surface area contributed by atoms with Crippen LogP contribution in [0.2, 0.25) is 0 Å². The summed E-state index contributed by atoms with van der Waals surface area (Å²) in [5.41, 5.74) is 1.16. The van der Waals surface area contributed by atoms with E-state index in [1.807, 2.05) is 0 Å². The third-order valence-electron chi connectivity index (χ3n) is 11.6. The normalized spacial score (nSPS) is 14.4. The number of aromatic hydroxyl groups is 2. The molecule has 0 aliphatic heterocycles. The van der Waals surface area contributed by atoms with Gasteiger partial charge >= 0.3 is 11.9 Å². The van der Waals surface area contributed by atoms with Gasteiger partial charge in [-0.3, -0.25) is 14.4 Å². The van der Waals surface area contributed by atoms with Crippen LogP contribution in [-0.2, 0) is 28.7 Å². The standard InChI is InChI=1S/C50H63N3O11.6CH4/c1-32(54)34(3)63-40-24-26-42(44(56)30-40)47-51-46(37-20-22-39(60-5)23-21-37)52-48(53-47)43-27-25-41(31-45(43)57)64-35(4)49(58)61-28-14-12-10-8-6-7-9-11-13-15-29-62-50(59)38-18-16-36(17-19-38)33(2)55;;;;;;/h20-27,30-31,34-36,38,56-57H,6-19,28-29H2,1-5H3;6*1H4. The third kappa shape index (κ3) is 20.1. The summed E-state index contributed by atoms with van der Waals surface area (Å²) in [6.07, 6.45) is 11.9. The number of unbranched alkanes of at least 4 members (excludes halogenated alkanes) is 9. The number of carbonyl (C=O) groups is 4. The van der Waals surface area contributed by atoms with Gasteiger partial charge in [-0.25, -0.2) is 19.7 Å². The van der Waals surface area contributed by atoms with Crippen molar-refractivity contribution in [1.82, 2.24) is 15.0 Å². The Hall–Kier alpha value is -6.05. The van der Waals surface area contributed by atoms with Crippen molar-refractivity contribution < 1.29 is 53.1 Å². The largest absolute Gasteiger partial charge is 0.507 e. The molecule has 4 aromatic rings. The van der Waals surface area contributed by atoms with E-state index in [4.69, 9.17) is 23.7 Å². The summed E-state index contributed by atoms with van der Waals surface area (Å²) < 4.78 is 27.8. The van der Waals surface area contributed by atoms with Crippen LogP contribution in [0.1, 0.15) is 162 Å². The number of nitrogens with zero attached hydrogens (tertiary/aromatic N) is 3. The van der Waals surface area contributed by atoms with Crippen LogP contribution in [0, 0.1) is 11.8 Å². The fourth-order valence-electron chi connectivity index (χ4n) is 7.51. The maximum Gasteiger partial charge on any atom is 0.347 e. The molecule has 2 unspecified atom stereocenters. The van der Waals surface area contributed by atoms with E-state index in [1.54, 1.807) is 76.4 Å². The van der Waals surface area contributed by atoms with Gasteiger partial charge < -0.3 is 33.9 Å². The summed E-state index contributed by atoms with van der Waals surface area (Å²) in [5.74, 6) is 0.812. The van der Waals surface area contributed by atoms with Crippen LogP contribution in [0.4, 0.5) is 0 Å². The van der Waals surface area contributed by atoms with Gasteiger partial charge in [0, 0.05) is 23.6 Å². The van der Waals surface area contributed by atoms with Gasteiger partial charge in [-0.2, -0.15) is 0 Å². The molecule has 14 heteroatoms. The zero-order chi connectivity index (χ0) is 46.0. The van der Waals surface area contributed by atoms with Crippen molar-refractivity contribution in [3.05, 3.63) is 60.7 Å². The molecule has 0 bridgehead atoms. The van der Waals surface area contributed by atoms with Crippen LogP contribution < -0.4 is 14.2 Å². The minimum absolute atomic E-state index is 0. The molecule has 3 aromatic carbocycles. The molecule has 1 heterocycles. The van der Waals surface area contributed by atoms with Gasteiger partial charge in [-0.05, 0) is 115 Å². The summed E-state index contributed by atoms with van der Waals surface area (Å²) in [7, 11) is 1.56. The first-order valence-electron chi connectivity index (χ1n) is 22.6. The zero-order valence-corrected chi connectivity index (χ0v) is 37.8. The first kappa shape index (κ1) is 66.0. The highest BCUT2D eigenvalue weighted by Gasteiger charge is 2.29. The van der Waals surface area contributed by atoms with Crippen molar-refractivity contribution in [1.29, 1.82) is 0 Å². The van der Waals surface area contributed by atoms with E-state index in [-0.39, 0.29) is 120 Å². The zero-order valence-electron chi connectivity index (χ0n) is 37.8. The Balaban J connectivity index is 0. The summed E-state index contributed by atoms with van der Waals surface area (Å²) in [6, 6.07) is 16.2. The molecular formula is C56H87N3O11. The van der Waals surface area contributed by atoms with Gasteiger partial charge in [-0.1, -0.05) is 95.9 Å². The molecule has 2 atom stereocenters. The summed E-state index contributed by atoms with van der Waals surface area (Å²) in [4.78, 5) is 62.2. The van der Waals surface area contributed by atoms with Gasteiger partial charge in [-0.15, -0.1) is 0 Å². The highest BCUT2D eigenvalue weighted by Crippen LogP contribution is 2.36. The second-order valence-electron chi connectivity index (χ2n) is 16.6. The van der Waals surface area contributed by atoms with E-state index >= 15 is 0 Å². The Kier molecular flexibility index (Phi) is 31.6. The second-order valence-corrected chi connectivity index (χ2v) is 16.6. The second kappa shape index (κ2) is 33.5. The number of esters is 2. The average molecular weight is 978 g/mol. The van der Waals surface area contributed by atoms with E-state index in [0.29, 0.717) is 30.3 Å². The number of hydrogen-bond acceptors (Lipinski definition) is 14. The average Bonchev–Trinajstić information content (AvgIpc) is 3.28. The smallest absolute Gasteiger partial charge is 0.347 e. The summed E-state index contributed by atoms with van der Waals surface area (Å²) in [6.45, 7) is 7.04. The molecule has 1 aliphatic carbocycles. The van der Waals surface area contributed by atoms with Gasteiger partial charge in [0.2, 0.25) is 0 Å². The molecule has 392 valence electrons. The molecule has 1 aliphatic rings. The Morgan fingerprint density at radius 2 is 0.943 bits per heavy atom. The lowest BCUT2D eigenvalue weighted by molar-refractivity contribution is -0.151. The molecule has 0 amide bonds. The summed E-state index contributed by atoms with van der Waals surface area (Å²) in [5, 5.41) is 22.2. The topological polar surface area (TPSA) is 194 Å². The quantitative estimate of drug-likeness (QED) is 0.0470. The van der Waals surface area contributed by atoms with E-state index in [2.05, 4.69) is 15.0 Å². The molecule has 0 saturated heterocycles. The predicted molar refractivity (Wildman–Crippen MR) is 281 cm³/mol. The number of phenols is 2. The molecule has 70 heavy (non-hydrogen) atoms. The number of hydrogen-bond donors (Lipinski definition) is 2. The molecular weight excluding hydrogens is 891 g/mol. The molecule has 0 radical (unpaired) electrons. The predicted octanol–water partition coefficient (Wildman–Crippen LogP) is 13.6. The minimum atomic E-state index is -0.922. The molecule has 1 aromatic heterocycles. The van der Waals surface area contributed by atoms with E-state index in [9.17, 15) is 29.4 Å². The van der Waals surface area contributed by atoms with Crippen molar-refractivity contribution in [2.45, 2.75) is 174 Å². The van der Waals surface area contributed by atoms with Crippen molar-refractivity contribution in [3.63, 3.8) is 0 Å². The molecule has 14 nitrogen and oxygen atoms in total. The SMILES string of the molecule is C.C.C.C.C.C.COc1ccc(-c2nc(-c3ccc(OC(C)C(C)=O)cc3O)nc(-c3ccc(OC(C)C(=O)OCCCCCCCCCCCCOC(=O)C4CCC(C(C)=O)CC4)cc3O)n2)cc1. The van der Waals surface area contributed by atoms with Crippen LogP contribution in [0.3, 0.4) is 0 Å². The number of ketones is 2. The number of phenolic OH excluding ortho intramolecular Hbond substituents is 2. The fourth-order valence-corrected chi connectivity index (χ4v) is 7.51. The Bertz CT molecular complexity index is 2170.